The van der Waals surface area contributed by atoms with Gasteiger partial charge in [0.05, 0.1) is 42.7 Å². The topological polar surface area (TPSA) is 73.8 Å². The molecule has 9 heteroatoms. The van der Waals surface area contributed by atoms with Crippen LogP contribution in [-0.4, -0.2) is 63.2 Å². The Kier molecular flexibility index (Phi) is 9.74. The van der Waals surface area contributed by atoms with Crippen molar-refractivity contribution in [2.45, 2.75) is 18.6 Å². The lowest BCUT2D eigenvalue weighted by Gasteiger charge is -2.27. The summed E-state index contributed by atoms with van der Waals surface area (Å²) in [6, 6.07) is 5.64. The van der Waals surface area contributed by atoms with Gasteiger partial charge in [-0.2, -0.15) is 0 Å². The molecule has 2 aromatic carbocycles. The summed E-state index contributed by atoms with van der Waals surface area (Å²) in [5.74, 6) is 2.87. The molecule has 0 aromatic heterocycles. The highest BCUT2D eigenvalue weighted by molar-refractivity contribution is 9.10. The standard InChI is InChI=1S/C23H31BrO8/c1-25-16-9-13(10-17(26-2)21(16)30-6)14(11-19(28-4)29-5)20-15(24)12-18(27-3)22(31-7)23(20)32-8/h9-10,12,14,19H,11H2,1-8H3/t14-/m1/s1. The van der Waals surface area contributed by atoms with Crippen LogP contribution in [0.3, 0.4) is 0 Å². The number of hydrogen-bond acceptors (Lipinski definition) is 8. The second-order valence-corrected chi connectivity index (χ2v) is 7.54. The van der Waals surface area contributed by atoms with E-state index in [4.69, 9.17) is 37.9 Å². The summed E-state index contributed by atoms with van der Waals surface area (Å²) in [5.41, 5.74) is 1.71. The summed E-state index contributed by atoms with van der Waals surface area (Å²) in [5, 5.41) is 0. The Morgan fingerprint density at radius 3 is 1.50 bits per heavy atom. The average Bonchev–Trinajstić information content (AvgIpc) is 2.83. The Hall–Kier alpha value is -2.36. The van der Waals surface area contributed by atoms with Crippen LogP contribution in [0.5, 0.6) is 34.5 Å². The van der Waals surface area contributed by atoms with E-state index >= 15 is 0 Å². The highest BCUT2D eigenvalue weighted by atomic mass is 79.9. The Morgan fingerprint density at radius 1 is 0.625 bits per heavy atom. The fraction of sp³-hybridized carbons (Fsp3) is 0.478. The molecule has 0 saturated carbocycles. The maximum absolute atomic E-state index is 5.80. The Balaban J connectivity index is 2.85. The van der Waals surface area contributed by atoms with Crippen molar-refractivity contribution in [3.63, 3.8) is 0 Å². The monoisotopic (exact) mass is 514 g/mol. The van der Waals surface area contributed by atoms with Gasteiger partial charge in [-0.3, -0.25) is 0 Å². The van der Waals surface area contributed by atoms with Gasteiger partial charge in [0, 0.05) is 36.6 Å². The highest BCUT2D eigenvalue weighted by Crippen LogP contribution is 2.51. The molecule has 32 heavy (non-hydrogen) atoms. The van der Waals surface area contributed by atoms with Crippen LogP contribution in [0.4, 0.5) is 0 Å². The van der Waals surface area contributed by atoms with E-state index in [0.29, 0.717) is 40.9 Å². The number of ether oxygens (including phenoxy) is 8. The molecule has 2 rings (SSSR count). The van der Waals surface area contributed by atoms with Crippen LogP contribution in [0.2, 0.25) is 0 Å². The number of methoxy groups -OCH3 is 8. The maximum Gasteiger partial charge on any atom is 0.203 e. The summed E-state index contributed by atoms with van der Waals surface area (Å²) >= 11 is 3.69. The van der Waals surface area contributed by atoms with Gasteiger partial charge in [-0.25, -0.2) is 0 Å². The second-order valence-electron chi connectivity index (χ2n) is 6.69. The average molecular weight is 515 g/mol. The minimum absolute atomic E-state index is 0.266. The van der Waals surface area contributed by atoms with E-state index in [1.54, 1.807) is 56.9 Å². The number of halogens is 1. The molecule has 0 radical (unpaired) electrons. The number of benzene rings is 2. The molecule has 0 saturated heterocycles. The maximum atomic E-state index is 5.80. The first-order chi connectivity index (χ1) is 15.4. The molecule has 0 bridgehead atoms. The fourth-order valence-corrected chi connectivity index (χ4v) is 4.34. The van der Waals surface area contributed by atoms with Crippen LogP contribution < -0.4 is 28.4 Å². The molecule has 0 unspecified atom stereocenters. The third kappa shape index (κ3) is 5.16. The summed E-state index contributed by atoms with van der Waals surface area (Å²) in [4.78, 5) is 0. The van der Waals surface area contributed by atoms with E-state index in [-0.39, 0.29) is 5.92 Å². The van der Waals surface area contributed by atoms with E-state index in [1.165, 1.54) is 0 Å². The minimum atomic E-state index is -0.483. The SMILES string of the molecule is COc1cc([C@@H](CC(OC)OC)c2c(Br)cc(OC)c(OC)c2OC)cc(OC)c1OC. The largest absolute Gasteiger partial charge is 0.493 e. The van der Waals surface area contributed by atoms with Gasteiger partial charge >= 0.3 is 0 Å². The molecule has 0 amide bonds. The van der Waals surface area contributed by atoms with Gasteiger partial charge in [-0.05, 0) is 23.8 Å². The molecule has 0 aliphatic carbocycles. The predicted octanol–water partition coefficient (Wildman–Crippen LogP) is 4.64. The summed E-state index contributed by atoms with van der Waals surface area (Å²) in [7, 11) is 12.7. The van der Waals surface area contributed by atoms with Crippen molar-refractivity contribution in [1.82, 2.24) is 0 Å². The van der Waals surface area contributed by atoms with Crippen molar-refractivity contribution >= 4 is 15.9 Å². The first-order valence-electron chi connectivity index (χ1n) is 9.78. The number of rotatable bonds is 12. The Morgan fingerprint density at radius 2 is 1.09 bits per heavy atom. The Labute approximate surface area is 197 Å². The van der Waals surface area contributed by atoms with Crippen molar-refractivity contribution in [3.8, 4) is 34.5 Å². The third-order valence-corrected chi connectivity index (χ3v) is 5.87. The van der Waals surface area contributed by atoms with Crippen LogP contribution in [0.25, 0.3) is 0 Å². The van der Waals surface area contributed by atoms with Gasteiger partial charge in [0.1, 0.15) is 0 Å². The van der Waals surface area contributed by atoms with Gasteiger partial charge in [0.2, 0.25) is 11.5 Å². The summed E-state index contributed by atoms with van der Waals surface area (Å²) in [6.07, 6.45) is -0.0143. The zero-order valence-corrected chi connectivity index (χ0v) is 21.3. The smallest absolute Gasteiger partial charge is 0.203 e. The van der Waals surface area contributed by atoms with Crippen LogP contribution in [0, 0.1) is 0 Å². The lowest BCUT2D eigenvalue weighted by atomic mass is 9.86. The molecule has 0 N–H and O–H groups in total. The first-order valence-corrected chi connectivity index (χ1v) is 10.6. The lowest BCUT2D eigenvalue weighted by molar-refractivity contribution is -0.108. The van der Waals surface area contributed by atoms with Crippen molar-refractivity contribution in [2.24, 2.45) is 0 Å². The molecule has 0 spiro atoms. The van der Waals surface area contributed by atoms with E-state index in [2.05, 4.69) is 15.9 Å². The van der Waals surface area contributed by atoms with Gasteiger partial charge < -0.3 is 37.9 Å². The number of hydrogen-bond donors (Lipinski definition) is 0. The van der Waals surface area contributed by atoms with E-state index in [1.807, 2.05) is 18.2 Å². The normalized spacial score (nSPS) is 11.8. The highest BCUT2D eigenvalue weighted by Gasteiger charge is 2.31. The molecule has 1 atom stereocenters. The lowest BCUT2D eigenvalue weighted by Crippen LogP contribution is -2.19. The zero-order valence-electron chi connectivity index (χ0n) is 19.7. The molecule has 8 nitrogen and oxygen atoms in total. The zero-order chi connectivity index (χ0) is 23.8. The fourth-order valence-electron chi connectivity index (χ4n) is 3.68. The van der Waals surface area contributed by atoms with E-state index < -0.39 is 6.29 Å². The van der Waals surface area contributed by atoms with Gasteiger partial charge in [-0.1, -0.05) is 15.9 Å². The van der Waals surface area contributed by atoms with Crippen LogP contribution in [0.1, 0.15) is 23.5 Å². The van der Waals surface area contributed by atoms with Crippen LogP contribution in [-0.2, 0) is 9.47 Å². The molecule has 178 valence electrons. The summed E-state index contributed by atoms with van der Waals surface area (Å²) < 4.78 is 45.4. The molecule has 0 fully saturated rings. The van der Waals surface area contributed by atoms with Crippen molar-refractivity contribution in [1.29, 1.82) is 0 Å². The molecular weight excluding hydrogens is 484 g/mol. The van der Waals surface area contributed by atoms with Gasteiger partial charge in [-0.15, -0.1) is 0 Å². The minimum Gasteiger partial charge on any atom is -0.493 e. The van der Waals surface area contributed by atoms with Gasteiger partial charge in [0.25, 0.3) is 0 Å². The van der Waals surface area contributed by atoms with E-state index in [9.17, 15) is 0 Å². The van der Waals surface area contributed by atoms with Gasteiger partial charge in [0.15, 0.2) is 29.3 Å². The second kappa shape index (κ2) is 12.0. The van der Waals surface area contributed by atoms with Crippen molar-refractivity contribution < 1.29 is 37.9 Å². The quantitative estimate of drug-likeness (QED) is 0.379. The van der Waals surface area contributed by atoms with Crippen LogP contribution >= 0.6 is 15.9 Å². The molecule has 0 aliphatic rings. The molecule has 2 aromatic rings. The molecule has 0 aliphatic heterocycles. The molecular formula is C23H31BrO8. The van der Waals surface area contributed by atoms with Crippen LogP contribution in [0.15, 0.2) is 22.7 Å². The first kappa shape index (κ1) is 25.9. The predicted molar refractivity (Wildman–Crippen MR) is 124 cm³/mol. The van der Waals surface area contributed by atoms with E-state index in [0.717, 1.165) is 15.6 Å². The summed E-state index contributed by atoms with van der Waals surface area (Å²) in [6.45, 7) is 0. The van der Waals surface area contributed by atoms with Crippen molar-refractivity contribution in [3.05, 3.63) is 33.8 Å². The molecule has 0 heterocycles. The third-order valence-electron chi connectivity index (χ3n) is 5.21. The van der Waals surface area contributed by atoms with Crippen molar-refractivity contribution in [2.75, 3.05) is 56.9 Å². The Bertz CT molecular complexity index is 873.